The lowest BCUT2D eigenvalue weighted by molar-refractivity contribution is 0.270. The van der Waals surface area contributed by atoms with Crippen molar-refractivity contribution in [1.82, 2.24) is 0 Å². The minimum Gasteiger partial charge on any atom is -0.418 e. The van der Waals surface area contributed by atoms with Crippen molar-refractivity contribution >= 4 is 19.9 Å². The molecule has 0 aliphatic heterocycles. The molecule has 1 aliphatic rings. The SMILES string of the molecule is F[B-](F)(F)F.[SH2+]C1(Cc2ccccc2)CCCCC1Cc1ccccc1. The summed E-state index contributed by atoms with van der Waals surface area (Å²) in [6.07, 6.45) is 7.68. The first-order valence-electron chi connectivity index (χ1n) is 8.96. The molecule has 0 N–H and O–H groups in total. The number of hydrogen-bond donors (Lipinski definition) is 0. The highest BCUT2D eigenvalue weighted by molar-refractivity contribution is 7.60. The Morgan fingerprint density at radius 3 is 1.88 bits per heavy atom. The van der Waals surface area contributed by atoms with Gasteiger partial charge in [0, 0.05) is 12.3 Å². The van der Waals surface area contributed by atoms with Crippen molar-refractivity contribution in [3.8, 4) is 0 Å². The Morgan fingerprint density at radius 1 is 0.846 bits per heavy atom. The van der Waals surface area contributed by atoms with Crippen LogP contribution in [-0.2, 0) is 25.5 Å². The Bertz CT molecular complexity index is 642. The first-order valence-corrected chi connectivity index (χ1v) is 9.46. The second-order valence-corrected chi connectivity index (χ2v) is 7.94. The maximum Gasteiger partial charge on any atom is 0.673 e. The molecule has 2 atom stereocenters. The van der Waals surface area contributed by atoms with E-state index in [1.807, 2.05) is 0 Å². The Balaban J connectivity index is 0.000000431. The molecule has 0 aromatic heterocycles. The lowest BCUT2D eigenvalue weighted by atomic mass is 9.72. The van der Waals surface area contributed by atoms with Crippen LogP contribution in [0.1, 0.15) is 36.8 Å². The molecule has 0 saturated heterocycles. The van der Waals surface area contributed by atoms with Gasteiger partial charge in [0.2, 0.25) is 0 Å². The van der Waals surface area contributed by atoms with E-state index in [0.29, 0.717) is 0 Å². The number of rotatable bonds is 4. The third-order valence-corrected chi connectivity index (χ3v) is 5.73. The van der Waals surface area contributed by atoms with E-state index in [1.54, 1.807) is 0 Å². The molecule has 0 heterocycles. The molecule has 1 aliphatic carbocycles. The molecule has 0 spiro atoms. The summed E-state index contributed by atoms with van der Waals surface area (Å²) in [6.45, 7) is 0. The standard InChI is InChI=1S/C20H24S.BF4/c21-20(16-18-11-5-2-6-12-18)14-8-7-13-19(20)15-17-9-3-1-4-10-17;2-1(3,4)5/h1-6,9-12,19,21H,7-8,13-16H2;/q;-1/p+1. The van der Waals surface area contributed by atoms with E-state index >= 15 is 0 Å². The predicted molar refractivity (Wildman–Crippen MR) is 105 cm³/mol. The highest BCUT2D eigenvalue weighted by Gasteiger charge is 2.42. The summed E-state index contributed by atoms with van der Waals surface area (Å²) in [4.78, 5) is 0. The lowest BCUT2D eigenvalue weighted by Crippen LogP contribution is -2.41. The summed E-state index contributed by atoms with van der Waals surface area (Å²) in [5.74, 6) is 0.727. The number of halogens is 4. The zero-order valence-electron chi connectivity index (χ0n) is 14.7. The fraction of sp³-hybridized carbons (Fsp3) is 0.400. The van der Waals surface area contributed by atoms with Crippen LogP contribution in [0, 0.1) is 5.92 Å². The summed E-state index contributed by atoms with van der Waals surface area (Å²) in [7, 11) is -6.00. The molecule has 1 fully saturated rings. The van der Waals surface area contributed by atoms with Crippen molar-refractivity contribution in [3.63, 3.8) is 0 Å². The highest BCUT2D eigenvalue weighted by Crippen LogP contribution is 2.39. The fourth-order valence-electron chi connectivity index (χ4n) is 3.70. The molecule has 26 heavy (non-hydrogen) atoms. The van der Waals surface area contributed by atoms with Crippen molar-refractivity contribution in [2.45, 2.75) is 43.3 Å². The monoisotopic (exact) mass is 384 g/mol. The van der Waals surface area contributed by atoms with Crippen molar-refractivity contribution in [2.24, 2.45) is 5.92 Å². The highest BCUT2D eigenvalue weighted by atomic mass is 32.1. The molecular formula is C20H25BF4S. The van der Waals surface area contributed by atoms with Gasteiger partial charge in [0.1, 0.15) is 4.75 Å². The van der Waals surface area contributed by atoms with E-state index < -0.39 is 7.25 Å². The Hall–Kier alpha value is -1.43. The normalized spacial score (nSPS) is 23.0. The van der Waals surface area contributed by atoms with Crippen LogP contribution in [0.3, 0.4) is 0 Å². The van der Waals surface area contributed by atoms with Crippen LogP contribution in [0.4, 0.5) is 17.3 Å². The molecular weight excluding hydrogens is 359 g/mol. The maximum absolute atomic E-state index is 9.75. The van der Waals surface area contributed by atoms with Crippen LogP contribution < -0.4 is 0 Å². The van der Waals surface area contributed by atoms with Gasteiger partial charge in [-0.15, -0.1) is 0 Å². The zero-order valence-corrected chi connectivity index (χ0v) is 15.7. The first-order chi connectivity index (χ1) is 12.3. The van der Waals surface area contributed by atoms with Gasteiger partial charge in [0.25, 0.3) is 0 Å². The van der Waals surface area contributed by atoms with Crippen molar-refractivity contribution < 1.29 is 17.3 Å². The van der Waals surface area contributed by atoms with Gasteiger partial charge in [-0.2, -0.15) is 0 Å². The third-order valence-electron chi connectivity index (χ3n) is 4.89. The van der Waals surface area contributed by atoms with Crippen LogP contribution in [0.15, 0.2) is 60.7 Å². The molecule has 3 rings (SSSR count). The summed E-state index contributed by atoms with van der Waals surface area (Å²) in [5.41, 5.74) is 2.92. The second kappa shape index (κ2) is 9.49. The van der Waals surface area contributed by atoms with Gasteiger partial charge in [-0.1, -0.05) is 67.1 Å². The molecule has 2 aromatic carbocycles. The summed E-state index contributed by atoms with van der Waals surface area (Å²) in [5, 5.41) is 0. The van der Waals surface area contributed by atoms with E-state index in [0.717, 1.165) is 12.3 Å². The van der Waals surface area contributed by atoms with Crippen molar-refractivity contribution in [2.75, 3.05) is 0 Å². The quantitative estimate of drug-likeness (QED) is 0.360. The molecule has 0 radical (unpaired) electrons. The van der Waals surface area contributed by atoms with E-state index in [1.165, 1.54) is 43.2 Å². The summed E-state index contributed by atoms with van der Waals surface area (Å²) >= 11 is 4.22. The maximum atomic E-state index is 9.75. The Morgan fingerprint density at radius 2 is 1.35 bits per heavy atom. The van der Waals surface area contributed by atoms with Gasteiger partial charge in [-0.25, -0.2) is 0 Å². The van der Waals surface area contributed by atoms with E-state index in [2.05, 4.69) is 73.3 Å². The second-order valence-electron chi connectivity index (χ2n) is 6.95. The first kappa shape index (κ1) is 20.9. The van der Waals surface area contributed by atoms with Crippen LogP contribution in [0.5, 0.6) is 0 Å². The van der Waals surface area contributed by atoms with Crippen LogP contribution in [0.2, 0.25) is 0 Å². The van der Waals surface area contributed by atoms with Crippen LogP contribution >= 0.6 is 0 Å². The predicted octanol–water partition coefficient (Wildman–Crippen LogP) is 5.71. The van der Waals surface area contributed by atoms with E-state index in [4.69, 9.17) is 0 Å². The van der Waals surface area contributed by atoms with Gasteiger partial charge in [-0.05, 0) is 49.4 Å². The van der Waals surface area contributed by atoms with E-state index in [9.17, 15) is 17.3 Å². The van der Waals surface area contributed by atoms with Crippen molar-refractivity contribution in [1.29, 1.82) is 0 Å². The summed E-state index contributed by atoms with van der Waals surface area (Å²) in [6, 6.07) is 21.9. The van der Waals surface area contributed by atoms with Crippen molar-refractivity contribution in [3.05, 3.63) is 71.8 Å². The molecule has 142 valence electrons. The average Bonchev–Trinajstić information content (AvgIpc) is 2.57. The molecule has 6 heteroatoms. The van der Waals surface area contributed by atoms with Gasteiger partial charge < -0.3 is 17.3 Å². The van der Waals surface area contributed by atoms with Gasteiger partial charge in [-0.3, -0.25) is 0 Å². The Kier molecular flexibility index (Phi) is 7.62. The Labute approximate surface area is 158 Å². The molecule has 2 aromatic rings. The minimum atomic E-state index is -6.00. The fourth-order valence-corrected chi connectivity index (χ4v) is 4.33. The molecule has 0 amide bonds. The largest absolute Gasteiger partial charge is 0.673 e. The molecule has 0 nitrogen and oxygen atoms in total. The van der Waals surface area contributed by atoms with Gasteiger partial charge >= 0.3 is 7.25 Å². The average molecular weight is 384 g/mol. The number of hydrogen-bond acceptors (Lipinski definition) is 0. The van der Waals surface area contributed by atoms with E-state index in [-0.39, 0.29) is 4.75 Å². The molecule has 0 bridgehead atoms. The van der Waals surface area contributed by atoms with Crippen LogP contribution in [0.25, 0.3) is 0 Å². The van der Waals surface area contributed by atoms with Crippen LogP contribution in [-0.4, -0.2) is 12.0 Å². The minimum absolute atomic E-state index is 0.259. The van der Waals surface area contributed by atoms with Gasteiger partial charge in [0.15, 0.2) is 0 Å². The number of benzene rings is 2. The molecule has 2 unspecified atom stereocenters. The zero-order chi connectivity index (χ0) is 19.0. The molecule has 1 saturated carbocycles. The topological polar surface area (TPSA) is 0 Å². The van der Waals surface area contributed by atoms with Gasteiger partial charge in [0.05, 0.1) is 0 Å². The third kappa shape index (κ3) is 7.44. The smallest absolute Gasteiger partial charge is 0.418 e. The summed E-state index contributed by atoms with van der Waals surface area (Å²) < 4.78 is 39.3. The lowest BCUT2D eigenvalue weighted by Gasteiger charge is -2.36.